The number of rotatable bonds is 5. The maximum absolute atomic E-state index is 5.51. The van der Waals surface area contributed by atoms with Crippen molar-refractivity contribution in [3.63, 3.8) is 0 Å². The van der Waals surface area contributed by atoms with Gasteiger partial charge in [0.15, 0.2) is 0 Å². The molecular formula is C58H40N4. The summed E-state index contributed by atoms with van der Waals surface area (Å²) in [6, 6.07) is 68.3. The summed E-state index contributed by atoms with van der Waals surface area (Å²) >= 11 is 0. The van der Waals surface area contributed by atoms with Crippen LogP contribution in [0.5, 0.6) is 0 Å². The molecule has 2 aliphatic carbocycles. The van der Waals surface area contributed by atoms with Gasteiger partial charge in [-0.2, -0.15) is 0 Å². The zero-order valence-corrected chi connectivity index (χ0v) is 34.0. The summed E-state index contributed by atoms with van der Waals surface area (Å²) < 4.78 is 2.33. The molecule has 10 aromatic rings. The summed E-state index contributed by atoms with van der Waals surface area (Å²) in [5.41, 5.74) is 19.4. The fourth-order valence-corrected chi connectivity index (χ4v) is 10.7. The number of allylic oxidation sites excluding steroid dienone is 1. The van der Waals surface area contributed by atoms with Gasteiger partial charge in [0.25, 0.3) is 0 Å². The molecule has 3 heterocycles. The Bertz CT molecular complexity index is 3470. The number of benzene rings is 8. The third-order valence-electron chi connectivity index (χ3n) is 13.4. The molecule has 13 rings (SSSR count). The summed E-state index contributed by atoms with van der Waals surface area (Å²) in [4.78, 5) is 13.4. The molecule has 0 radical (unpaired) electrons. The van der Waals surface area contributed by atoms with E-state index in [2.05, 4.69) is 216 Å². The van der Waals surface area contributed by atoms with Gasteiger partial charge in [-0.05, 0) is 93.8 Å². The third-order valence-corrected chi connectivity index (χ3v) is 13.4. The highest BCUT2D eigenvalue weighted by atomic mass is 15.2. The number of para-hydroxylation sites is 4. The van der Waals surface area contributed by atoms with Crippen molar-refractivity contribution >= 4 is 55.7 Å². The first-order valence-electron chi connectivity index (χ1n) is 21.7. The molecule has 2 unspecified atom stereocenters. The van der Waals surface area contributed by atoms with Gasteiger partial charge in [0, 0.05) is 44.6 Å². The third kappa shape index (κ3) is 5.26. The standard InChI is InChI=1S/C58H40N4/c1-3-17-37(18-4-1)38-31-33-39(34-32-38)55-47-27-11-14-28-52(47)59-58(60-55)62-54-30-16-13-24-44(54)51-36-49(42-22-8-10-26-46(42)57(51)62)48-35-50-43-23-12-15-29-53(43)61(40-19-5-2-6-20-40)56(50)45-25-9-7-21-41(45)48/h1-7,9-21,23-36,50,56H,8,22H2. The molecule has 4 nitrogen and oxygen atoms in total. The van der Waals surface area contributed by atoms with Crippen LogP contribution in [0.15, 0.2) is 200 Å². The van der Waals surface area contributed by atoms with Gasteiger partial charge in [0.1, 0.15) is 0 Å². The van der Waals surface area contributed by atoms with Crippen LogP contribution in [-0.2, 0) is 6.42 Å². The van der Waals surface area contributed by atoms with Gasteiger partial charge < -0.3 is 4.90 Å². The summed E-state index contributed by atoms with van der Waals surface area (Å²) in [6.45, 7) is 0. The van der Waals surface area contributed by atoms with Crippen molar-refractivity contribution in [2.75, 3.05) is 4.90 Å². The van der Waals surface area contributed by atoms with Crippen LogP contribution in [0.4, 0.5) is 11.4 Å². The van der Waals surface area contributed by atoms with E-state index < -0.39 is 0 Å². The minimum atomic E-state index is 0.157. The molecular weight excluding hydrogens is 753 g/mol. The molecule has 3 aliphatic rings. The molecule has 0 spiro atoms. The van der Waals surface area contributed by atoms with Crippen molar-refractivity contribution in [3.8, 4) is 28.3 Å². The Kier molecular flexibility index (Phi) is 7.83. The van der Waals surface area contributed by atoms with E-state index in [4.69, 9.17) is 9.97 Å². The van der Waals surface area contributed by atoms with Crippen molar-refractivity contribution in [1.29, 1.82) is 0 Å². The van der Waals surface area contributed by atoms with Crippen molar-refractivity contribution in [1.82, 2.24) is 14.5 Å². The van der Waals surface area contributed by atoms with Crippen molar-refractivity contribution < 1.29 is 0 Å². The Morgan fingerprint density at radius 3 is 2.06 bits per heavy atom. The molecule has 0 bridgehead atoms. The van der Waals surface area contributed by atoms with Crippen LogP contribution in [0.1, 0.15) is 51.8 Å². The summed E-state index contributed by atoms with van der Waals surface area (Å²) in [5.74, 6) is 0.869. The lowest BCUT2D eigenvalue weighted by atomic mass is 9.75. The van der Waals surface area contributed by atoms with Crippen LogP contribution in [0, 0.1) is 0 Å². The number of nitrogens with zero attached hydrogens (tertiary/aromatic N) is 4. The first-order valence-corrected chi connectivity index (χ1v) is 21.7. The topological polar surface area (TPSA) is 34.0 Å². The lowest BCUT2D eigenvalue weighted by Gasteiger charge is -2.35. The Hall–Kier alpha value is -7.82. The average molecular weight is 793 g/mol. The van der Waals surface area contributed by atoms with Crippen LogP contribution in [0.25, 0.3) is 72.7 Å². The van der Waals surface area contributed by atoms with Crippen molar-refractivity contribution in [3.05, 3.63) is 234 Å². The molecule has 0 amide bonds. The molecule has 292 valence electrons. The van der Waals surface area contributed by atoms with E-state index in [1.54, 1.807) is 0 Å². The van der Waals surface area contributed by atoms with Crippen LogP contribution in [0.2, 0.25) is 0 Å². The van der Waals surface area contributed by atoms with Crippen LogP contribution in [-0.4, -0.2) is 14.5 Å². The predicted octanol–water partition coefficient (Wildman–Crippen LogP) is 14.4. The van der Waals surface area contributed by atoms with E-state index >= 15 is 0 Å². The number of anilines is 2. The highest BCUT2D eigenvalue weighted by molar-refractivity contribution is 6.14. The number of aromatic nitrogens is 3. The Morgan fingerprint density at radius 2 is 1.21 bits per heavy atom. The lowest BCUT2D eigenvalue weighted by Crippen LogP contribution is -2.25. The first-order chi connectivity index (χ1) is 30.8. The lowest BCUT2D eigenvalue weighted by molar-refractivity contribution is 0.664. The molecule has 8 aromatic carbocycles. The Labute approximate surface area is 360 Å². The van der Waals surface area contributed by atoms with E-state index in [1.165, 1.54) is 72.2 Å². The maximum atomic E-state index is 5.51. The number of hydrogen-bond donors (Lipinski definition) is 0. The zero-order chi connectivity index (χ0) is 40.7. The second-order valence-corrected chi connectivity index (χ2v) is 16.7. The summed E-state index contributed by atoms with van der Waals surface area (Å²) in [6.07, 6.45) is 9.25. The molecule has 4 heteroatoms. The highest BCUT2D eigenvalue weighted by Crippen LogP contribution is 2.58. The smallest absolute Gasteiger partial charge is 0.235 e. The van der Waals surface area contributed by atoms with E-state index in [1.807, 2.05) is 0 Å². The molecule has 62 heavy (non-hydrogen) atoms. The van der Waals surface area contributed by atoms with Crippen LogP contribution < -0.4 is 4.90 Å². The van der Waals surface area contributed by atoms with E-state index in [0.717, 1.165) is 46.0 Å². The minimum Gasteiger partial charge on any atom is -0.333 e. The molecule has 0 N–H and O–H groups in total. The fourth-order valence-electron chi connectivity index (χ4n) is 10.7. The minimum absolute atomic E-state index is 0.157. The SMILES string of the molecule is C1=Cc2c(c(C3=CC4c5ccccc5N(c5ccccc5)C4c4ccccc43)cc3c4ccccc4n(-c4nc(-c5ccc(-c6ccccc6)cc5)c5ccccc5n4)c23)CC1. The van der Waals surface area contributed by atoms with E-state index in [-0.39, 0.29) is 12.0 Å². The second kappa shape index (κ2) is 13.9. The monoisotopic (exact) mass is 792 g/mol. The Balaban J connectivity index is 1.04. The summed E-state index contributed by atoms with van der Waals surface area (Å²) in [5, 5.41) is 3.44. The highest BCUT2D eigenvalue weighted by Gasteiger charge is 2.43. The quantitative estimate of drug-likeness (QED) is 0.174. The van der Waals surface area contributed by atoms with E-state index in [9.17, 15) is 0 Å². The predicted molar refractivity (Wildman–Crippen MR) is 256 cm³/mol. The molecule has 0 saturated heterocycles. The summed E-state index contributed by atoms with van der Waals surface area (Å²) in [7, 11) is 0. The van der Waals surface area contributed by atoms with Gasteiger partial charge >= 0.3 is 0 Å². The van der Waals surface area contributed by atoms with Gasteiger partial charge in [-0.25, -0.2) is 9.97 Å². The second-order valence-electron chi connectivity index (χ2n) is 16.7. The fraction of sp³-hybridized carbons (Fsp3) is 0.0690. The number of fused-ring (bicyclic) bond motifs is 11. The van der Waals surface area contributed by atoms with Gasteiger partial charge in [-0.1, -0.05) is 170 Å². The van der Waals surface area contributed by atoms with Gasteiger partial charge in [-0.3, -0.25) is 4.57 Å². The van der Waals surface area contributed by atoms with Gasteiger partial charge in [0.05, 0.1) is 28.3 Å². The van der Waals surface area contributed by atoms with Crippen molar-refractivity contribution in [2.24, 2.45) is 0 Å². The van der Waals surface area contributed by atoms with Crippen molar-refractivity contribution in [2.45, 2.75) is 24.8 Å². The van der Waals surface area contributed by atoms with Crippen LogP contribution in [0.3, 0.4) is 0 Å². The average Bonchev–Trinajstić information content (AvgIpc) is 3.87. The Morgan fingerprint density at radius 1 is 0.532 bits per heavy atom. The molecule has 1 aliphatic heterocycles. The molecule has 0 fully saturated rings. The zero-order valence-electron chi connectivity index (χ0n) is 34.0. The van der Waals surface area contributed by atoms with Crippen LogP contribution >= 0.6 is 0 Å². The van der Waals surface area contributed by atoms with E-state index in [0.29, 0.717) is 5.95 Å². The largest absolute Gasteiger partial charge is 0.333 e. The molecule has 2 aromatic heterocycles. The molecule has 2 atom stereocenters. The maximum Gasteiger partial charge on any atom is 0.235 e. The van der Waals surface area contributed by atoms with Gasteiger partial charge in [0.2, 0.25) is 5.95 Å². The normalized spacial score (nSPS) is 16.3. The first kappa shape index (κ1) is 35.0. The molecule has 0 saturated carbocycles. The van der Waals surface area contributed by atoms with Gasteiger partial charge in [-0.15, -0.1) is 0 Å². The number of hydrogen-bond acceptors (Lipinski definition) is 3.